The molecule has 0 aliphatic heterocycles. The molecule has 0 saturated carbocycles. The second kappa shape index (κ2) is 3.90. The fourth-order valence-electron chi connectivity index (χ4n) is 1.72. The molecule has 90 valence electrons. The summed E-state index contributed by atoms with van der Waals surface area (Å²) in [6, 6.07) is 7.22. The molecule has 0 bridgehead atoms. The first-order valence-electron chi connectivity index (χ1n) is 4.84. The van der Waals surface area contributed by atoms with Gasteiger partial charge in [-0.1, -0.05) is 12.1 Å². The van der Waals surface area contributed by atoms with Crippen molar-refractivity contribution >= 4 is 26.6 Å². The summed E-state index contributed by atoms with van der Waals surface area (Å²) in [5.74, 6) is 0.0830. The van der Waals surface area contributed by atoms with Crippen molar-refractivity contribution in [2.75, 3.05) is 12.4 Å². The molecule has 0 atom stereocenters. The van der Waals surface area contributed by atoms with Crippen molar-refractivity contribution in [2.45, 2.75) is 4.90 Å². The number of phenolic OH excluding ortho intramolecular Hbond substituents is 1. The summed E-state index contributed by atoms with van der Waals surface area (Å²) >= 11 is 0. The molecule has 0 aromatic heterocycles. The predicted molar refractivity (Wildman–Crippen MR) is 65.0 cm³/mol. The highest BCUT2D eigenvalue weighted by Gasteiger charge is 2.12. The number of nitrogens with one attached hydrogen (secondary N) is 1. The third-order valence-electron chi connectivity index (χ3n) is 2.52. The van der Waals surface area contributed by atoms with Gasteiger partial charge in [-0.05, 0) is 23.6 Å². The Balaban J connectivity index is 2.78. The predicted octanol–water partition coefficient (Wildman–Crippen LogP) is 1.83. The molecule has 17 heavy (non-hydrogen) atoms. The molecule has 2 rings (SSSR count). The summed E-state index contributed by atoms with van der Waals surface area (Å²) in [6.07, 6.45) is 0. The number of hydrogen-bond donors (Lipinski definition) is 3. The van der Waals surface area contributed by atoms with E-state index in [1.165, 1.54) is 24.3 Å². The standard InChI is InChI=1S/C11H11NO4S/c1-12-11-9-4-3-8(17(14,15)16)6-7(9)2-5-10(11)13/h2-6,12-13H,1H3,(H,14,15,16). The molecule has 0 radical (unpaired) electrons. The summed E-state index contributed by atoms with van der Waals surface area (Å²) in [5, 5.41) is 13.7. The lowest BCUT2D eigenvalue weighted by Crippen LogP contribution is -1.98. The first-order valence-corrected chi connectivity index (χ1v) is 6.28. The van der Waals surface area contributed by atoms with Crippen LogP contribution in [0.15, 0.2) is 35.2 Å². The van der Waals surface area contributed by atoms with Gasteiger partial charge in [-0.2, -0.15) is 8.42 Å². The molecule has 5 nitrogen and oxygen atoms in total. The first kappa shape index (κ1) is 11.7. The molecule has 0 saturated heterocycles. The SMILES string of the molecule is CNc1c(O)ccc2cc(S(=O)(=O)O)ccc12. The van der Waals surface area contributed by atoms with E-state index in [0.717, 1.165) is 0 Å². The van der Waals surface area contributed by atoms with Crippen LogP contribution >= 0.6 is 0 Å². The zero-order valence-electron chi connectivity index (χ0n) is 9.01. The van der Waals surface area contributed by atoms with E-state index in [2.05, 4.69) is 5.32 Å². The van der Waals surface area contributed by atoms with Crippen LogP contribution in [0, 0.1) is 0 Å². The Hall–Kier alpha value is -1.79. The molecule has 0 unspecified atom stereocenters. The number of phenols is 1. The molecule has 2 aromatic carbocycles. The van der Waals surface area contributed by atoms with Crippen LogP contribution in [-0.4, -0.2) is 25.1 Å². The van der Waals surface area contributed by atoms with Crippen LogP contribution < -0.4 is 5.32 Å². The molecule has 0 aliphatic rings. The molecular weight excluding hydrogens is 242 g/mol. The Morgan fingerprint density at radius 3 is 2.47 bits per heavy atom. The van der Waals surface area contributed by atoms with Gasteiger partial charge < -0.3 is 10.4 Å². The number of benzene rings is 2. The molecule has 0 spiro atoms. The summed E-state index contributed by atoms with van der Waals surface area (Å²) in [7, 11) is -2.55. The van der Waals surface area contributed by atoms with Crippen molar-refractivity contribution in [3.8, 4) is 5.75 Å². The zero-order valence-corrected chi connectivity index (χ0v) is 9.82. The van der Waals surface area contributed by atoms with Crippen molar-refractivity contribution in [1.82, 2.24) is 0 Å². The lowest BCUT2D eigenvalue weighted by atomic mass is 10.1. The van der Waals surface area contributed by atoms with E-state index in [4.69, 9.17) is 4.55 Å². The summed E-state index contributed by atoms with van der Waals surface area (Å²) < 4.78 is 30.9. The van der Waals surface area contributed by atoms with E-state index in [0.29, 0.717) is 16.5 Å². The van der Waals surface area contributed by atoms with E-state index in [1.807, 2.05) is 0 Å². The minimum Gasteiger partial charge on any atom is -0.506 e. The summed E-state index contributed by atoms with van der Waals surface area (Å²) in [5.41, 5.74) is 0.518. The summed E-state index contributed by atoms with van der Waals surface area (Å²) in [6.45, 7) is 0. The lowest BCUT2D eigenvalue weighted by Gasteiger charge is -2.09. The fourth-order valence-corrected chi connectivity index (χ4v) is 2.24. The molecule has 0 amide bonds. The maximum Gasteiger partial charge on any atom is 0.294 e. The van der Waals surface area contributed by atoms with Crippen LogP contribution in [0.3, 0.4) is 0 Å². The van der Waals surface area contributed by atoms with Crippen LogP contribution in [0.1, 0.15) is 0 Å². The van der Waals surface area contributed by atoms with Crippen LogP contribution in [0.4, 0.5) is 5.69 Å². The average Bonchev–Trinajstić information content (AvgIpc) is 2.27. The quantitative estimate of drug-likeness (QED) is 0.561. The van der Waals surface area contributed by atoms with E-state index < -0.39 is 10.1 Å². The van der Waals surface area contributed by atoms with Gasteiger partial charge in [0.15, 0.2) is 0 Å². The van der Waals surface area contributed by atoms with Gasteiger partial charge in [0.1, 0.15) is 5.75 Å². The van der Waals surface area contributed by atoms with Gasteiger partial charge in [0, 0.05) is 12.4 Å². The zero-order chi connectivity index (χ0) is 12.6. The lowest BCUT2D eigenvalue weighted by molar-refractivity contribution is 0.478. The van der Waals surface area contributed by atoms with Gasteiger partial charge in [0.2, 0.25) is 0 Å². The van der Waals surface area contributed by atoms with Crippen molar-refractivity contribution in [3.05, 3.63) is 30.3 Å². The van der Waals surface area contributed by atoms with Crippen molar-refractivity contribution in [1.29, 1.82) is 0 Å². The van der Waals surface area contributed by atoms with Gasteiger partial charge >= 0.3 is 0 Å². The minimum absolute atomic E-state index is 0.0830. The topological polar surface area (TPSA) is 86.6 Å². The van der Waals surface area contributed by atoms with E-state index >= 15 is 0 Å². The monoisotopic (exact) mass is 253 g/mol. The molecule has 3 N–H and O–H groups in total. The maximum absolute atomic E-state index is 11.0. The second-order valence-corrected chi connectivity index (χ2v) is 4.99. The highest BCUT2D eigenvalue weighted by atomic mass is 32.2. The third-order valence-corrected chi connectivity index (χ3v) is 3.37. The number of anilines is 1. The fraction of sp³-hybridized carbons (Fsp3) is 0.0909. The maximum atomic E-state index is 11.0. The molecular formula is C11H11NO4S. The second-order valence-electron chi connectivity index (χ2n) is 3.57. The third kappa shape index (κ3) is 2.04. The molecule has 0 aliphatic carbocycles. The number of rotatable bonds is 2. The Morgan fingerprint density at radius 2 is 1.88 bits per heavy atom. The van der Waals surface area contributed by atoms with Crippen molar-refractivity contribution < 1.29 is 18.1 Å². The number of aromatic hydroxyl groups is 1. The van der Waals surface area contributed by atoms with E-state index in [9.17, 15) is 13.5 Å². The highest BCUT2D eigenvalue weighted by Crippen LogP contribution is 2.32. The normalized spacial score (nSPS) is 11.6. The van der Waals surface area contributed by atoms with Gasteiger partial charge in [0.05, 0.1) is 10.6 Å². The molecule has 2 aromatic rings. The van der Waals surface area contributed by atoms with E-state index in [-0.39, 0.29) is 10.6 Å². The van der Waals surface area contributed by atoms with Crippen molar-refractivity contribution in [2.24, 2.45) is 0 Å². The van der Waals surface area contributed by atoms with Crippen LogP contribution in [0.25, 0.3) is 10.8 Å². The molecule has 0 fully saturated rings. The van der Waals surface area contributed by atoms with Gasteiger partial charge in [-0.3, -0.25) is 4.55 Å². The number of hydrogen-bond acceptors (Lipinski definition) is 4. The Kier molecular flexibility index (Phi) is 2.68. The Morgan fingerprint density at radius 1 is 1.18 bits per heavy atom. The summed E-state index contributed by atoms with van der Waals surface area (Å²) in [4.78, 5) is -0.169. The Bertz CT molecular complexity index is 679. The number of fused-ring (bicyclic) bond motifs is 1. The van der Waals surface area contributed by atoms with Gasteiger partial charge in [-0.15, -0.1) is 0 Å². The van der Waals surface area contributed by atoms with Crippen molar-refractivity contribution in [3.63, 3.8) is 0 Å². The highest BCUT2D eigenvalue weighted by molar-refractivity contribution is 7.85. The van der Waals surface area contributed by atoms with Gasteiger partial charge in [-0.25, -0.2) is 0 Å². The van der Waals surface area contributed by atoms with Crippen LogP contribution in [0.2, 0.25) is 0 Å². The smallest absolute Gasteiger partial charge is 0.294 e. The van der Waals surface area contributed by atoms with Gasteiger partial charge in [0.25, 0.3) is 10.1 Å². The van der Waals surface area contributed by atoms with Crippen LogP contribution in [-0.2, 0) is 10.1 Å². The minimum atomic E-state index is -4.21. The first-order chi connectivity index (χ1) is 7.93. The van der Waals surface area contributed by atoms with Crippen LogP contribution in [0.5, 0.6) is 5.75 Å². The largest absolute Gasteiger partial charge is 0.506 e. The van der Waals surface area contributed by atoms with E-state index in [1.54, 1.807) is 13.1 Å². The molecule has 6 heteroatoms. The Labute approximate surface area is 98.5 Å². The average molecular weight is 253 g/mol. The molecule has 0 heterocycles.